The van der Waals surface area contributed by atoms with Gasteiger partial charge in [0.2, 0.25) is 0 Å². The molecule has 1 fully saturated rings. The summed E-state index contributed by atoms with van der Waals surface area (Å²) in [6, 6.07) is 5.85. The van der Waals surface area contributed by atoms with Crippen LogP contribution in [0.4, 0.5) is 5.69 Å². The van der Waals surface area contributed by atoms with Gasteiger partial charge in [0.25, 0.3) is 0 Å². The number of hydrogen-bond acceptors (Lipinski definition) is 5. The van der Waals surface area contributed by atoms with Crippen molar-refractivity contribution >= 4 is 11.6 Å². The molecule has 1 heterocycles. The topological polar surface area (TPSA) is 61.4 Å². The van der Waals surface area contributed by atoms with Gasteiger partial charge in [0.15, 0.2) is 17.5 Å². The Balaban J connectivity index is 1.92. The van der Waals surface area contributed by atoms with Crippen molar-refractivity contribution in [3.8, 4) is 11.5 Å². The molecule has 29 heavy (non-hydrogen) atoms. The van der Waals surface area contributed by atoms with Gasteiger partial charge < -0.3 is 29.9 Å². The first-order chi connectivity index (χ1) is 14.1. The van der Waals surface area contributed by atoms with E-state index in [1.54, 1.807) is 7.11 Å². The van der Waals surface area contributed by atoms with Crippen molar-refractivity contribution in [3.63, 3.8) is 0 Å². The summed E-state index contributed by atoms with van der Waals surface area (Å²) in [6.45, 7) is 17.7. The highest BCUT2D eigenvalue weighted by atomic mass is 16.5. The van der Waals surface area contributed by atoms with E-state index in [-0.39, 0.29) is 0 Å². The Labute approximate surface area is 176 Å². The summed E-state index contributed by atoms with van der Waals surface area (Å²) in [5.74, 6) is 2.77. The number of nitrogens with one attached hydrogen (secondary N) is 2. The van der Waals surface area contributed by atoms with E-state index in [9.17, 15) is 0 Å². The van der Waals surface area contributed by atoms with Gasteiger partial charge in [-0.05, 0) is 38.4 Å². The molecule has 0 aromatic heterocycles. The van der Waals surface area contributed by atoms with Crippen molar-refractivity contribution in [2.45, 2.75) is 27.7 Å². The van der Waals surface area contributed by atoms with E-state index in [0.29, 0.717) is 18.3 Å². The van der Waals surface area contributed by atoms with Gasteiger partial charge >= 0.3 is 0 Å². The third-order valence-corrected chi connectivity index (χ3v) is 5.11. The Hall–Kier alpha value is -1.99. The molecule has 1 aromatic carbocycles. The molecule has 1 aliphatic rings. The van der Waals surface area contributed by atoms with Gasteiger partial charge in [0, 0.05) is 57.6 Å². The van der Waals surface area contributed by atoms with Crippen molar-refractivity contribution in [1.82, 2.24) is 15.1 Å². The quantitative estimate of drug-likeness (QED) is 0.461. The molecule has 7 heteroatoms. The predicted octanol–water partition coefficient (Wildman–Crippen LogP) is 2.74. The summed E-state index contributed by atoms with van der Waals surface area (Å²) in [7, 11) is 1.66. The van der Waals surface area contributed by atoms with Crippen molar-refractivity contribution < 1.29 is 9.47 Å². The summed E-state index contributed by atoms with van der Waals surface area (Å²) < 4.78 is 11.0. The molecule has 7 nitrogen and oxygen atoms in total. The van der Waals surface area contributed by atoms with Crippen LogP contribution in [-0.2, 0) is 0 Å². The van der Waals surface area contributed by atoms with Crippen LogP contribution in [0.1, 0.15) is 27.7 Å². The van der Waals surface area contributed by atoms with Crippen molar-refractivity contribution in [1.29, 1.82) is 0 Å². The Morgan fingerprint density at radius 3 is 2.45 bits per heavy atom. The monoisotopic (exact) mass is 405 g/mol. The molecule has 0 spiro atoms. The lowest BCUT2D eigenvalue weighted by Gasteiger charge is -2.35. The number of hydrogen-bond donors (Lipinski definition) is 2. The van der Waals surface area contributed by atoms with Gasteiger partial charge in [-0.15, -0.1) is 0 Å². The molecule has 2 rings (SSSR count). The maximum Gasteiger partial charge on any atom is 0.195 e. The second-order valence-electron chi connectivity index (χ2n) is 7.48. The molecule has 0 bridgehead atoms. The van der Waals surface area contributed by atoms with Crippen molar-refractivity contribution in [3.05, 3.63) is 18.2 Å². The van der Waals surface area contributed by atoms with Gasteiger partial charge in [-0.3, -0.25) is 4.99 Å². The number of guanidine groups is 1. The van der Waals surface area contributed by atoms with Crippen LogP contribution in [0, 0.1) is 5.92 Å². The zero-order valence-electron chi connectivity index (χ0n) is 18.8. The molecular formula is C22H39N5O2. The summed E-state index contributed by atoms with van der Waals surface area (Å²) in [5, 5.41) is 6.71. The fourth-order valence-electron chi connectivity index (χ4n) is 3.50. The van der Waals surface area contributed by atoms with Gasteiger partial charge in [0.1, 0.15) is 0 Å². The van der Waals surface area contributed by atoms with Crippen molar-refractivity contribution in [2.75, 3.05) is 71.4 Å². The second kappa shape index (κ2) is 12.5. The lowest BCUT2D eigenvalue weighted by atomic mass is 10.1. The highest BCUT2D eigenvalue weighted by Gasteiger charge is 2.17. The molecule has 2 N–H and O–H groups in total. The number of ether oxygens (including phenoxy) is 2. The first-order valence-electron chi connectivity index (χ1n) is 10.9. The van der Waals surface area contributed by atoms with Crippen LogP contribution in [-0.4, -0.2) is 81.8 Å². The largest absolute Gasteiger partial charge is 0.493 e. The predicted molar refractivity (Wildman–Crippen MR) is 121 cm³/mol. The van der Waals surface area contributed by atoms with Gasteiger partial charge in [-0.25, -0.2) is 0 Å². The van der Waals surface area contributed by atoms with E-state index in [4.69, 9.17) is 14.5 Å². The molecule has 1 aromatic rings. The highest BCUT2D eigenvalue weighted by molar-refractivity contribution is 5.93. The van der Waals surface area contributed by atoms with E-state index >= 15 is 0 Å². The van der Waals surface area contributed by atoms with Gasteiger partial charge in [0.05, 0.1) is 13.7 Å². The summed E-state index contributed by atoms with van der Waals surface area (Å²) >= 11 is 0. The minimum absolute atomic E-state index is 0.508. The zero-order valence-corrected chi connectivity index (χ0v) is 18.8. The van der Waals surface area contributed by atoms with Gasteiger partial charge in [-0.1, -0.05) is 13.8 Å². The number of aliphatic imine (C=N–C) groups is 1. The number of benzene rings is 1. The molecule has 1 unspecified atom stereocenters. The molecule has 0 aliphatic carbocycles. The fraction of sp³-hybridized carbons (Fsp3) is 0.682. The Morgan fingerprint density at radius 1 is 1.10 bits per heavy atom. The van der Waals surface area contributed by atoms with Crippen LogP contribution in [0.25, 0.3) is 0 Å². The first kappa shape index (κ1) is 23.3. The van der Waals surface area contributed by atoms with Crippen LogP contribution >= 0.6 is 0 Å². The van der Waals surface area contributed by atoms with Crippen LogP contribution in [0.2, 0.25) is 0 Å². The Bertz CT molecular complexity index is 630. The maximum absolute atomic E-state index is 5.59. The van der Waals surface area contributed by atoms with Crippen LogP contribution < -0.4 is 20.1 Å². The van der Waals surface area contributed by atoms with E-state index in [1.807, 2.05) is 25.1 Å². The second-order valence-corrected chi connectivity index (χ2v) is 7.48. The lowest BCUT2D eigenvalue weighted by molar-refractivity contribution is 0.125. The number of methoxy groups -OCH3 is 1. The molecule has 1 saturated heterocycles. The Morgan fingerprint density at radius 2 is 1.83 bits per heavy atom. The Kier molecular flexibility index (Phi) is 10.1. The first-order valence-corrected chi connectivity index (χ1v) is 10.9. The zero-order chi connectivity index (χ0) is 21.1. The average Bonchev–Trinajstić information content (AvgIpc) is 2.74. The number of piperazine rings is 1. The molecule has 0 radical (unpaired) electrons. The standard InChI is InChI=1S/C22H39N5O2/c1-6-23-22(25-19-9-10-20(29-8-3)21(15-19)28-5)24-16-18(4)17-27-13-11-26(7-2)12-14-27/h9-10,15,18H,6-8,11-14,16-17H2,1-5H3,(H2,23,24,25). The summed E-state index contributed by atoms with van der Waals surface area (Å²) in [5.41, 5.74) is 0.924. The van der Waals surface area contributed by atoms with E-state index < -0.39 is 0 Å². The molecule has 0 saturated carbocycles. The summed E-state index contributed by atoms with van der Waals surface area (Å²) in [4.78, 5) is 9.88. The SMILES string of the molecule is CCNC(=NCC(C)CN1CCN(CC)CC1)Nc1ccc(OCC)c(OC)c1. The molecule has 1 aliphatic heterocycles. The molecule has 0 amide bonds. The molecule has 1 atom stereocenters. The van der Waals surface area contributed by atoms with E-state index in [1.165, 1.54) is 13.1 Å². The maximum atomic E-state index is 5.59. The number of rotatable bonds is 10. The van der Waals surface area contributed by atoms with Crippen LogP contribution in [0.5, 0.6) is 11.5 Å². The normalized spacial score (nSPS) is 17.1. The van der Waals surface area contributed by atoms with Gasteiger partial charge in [-0.2, -0.15) is 0 Å². The van der Waals surface area contributed by atoms with Crippen LogP contribution in [0.15, 0.2) is 23.2 Å². The third-order valence-electron chi connectivity index (χ3n) is 5.11. The molecular weight excluding hydrogens is 366 g/mol. The average molecular weight is 406 g/mol. The smallest absolute Gasteiger partial charge is 0.195 e. The minimum atomic E-state index is 0.508. The lowest BCUT2D eigenvalue weighted by Crippen LogP contribution is -2.47. The molecule has 164 valence electrons. The minimum Gasteiger partial charge on any atom is -0.493 e. The fourth-order valence-corrected chi connectivity index (χ4v) is 3.50. The van der Waals surface area contributed by atoms with E-state index in [0.717, 1.165) is 56.7 Å². The highest BCUT2D eigenvalue weighted by Crippen LogP contribution is 2.30. The number of nitrogens with zero attached hydrogens (tertiary/aromatic N) is 3. The van der Waals surface area contributed by atoms with E-state index in [2.05, 4.69) is 41.2 Å². The van der Waals surface area contributed by atoms with Crippen molar-refractivity contribution in [2.24, 2.45) is 10.9 Å². The number of anilines is 1. The third kappa shape index (κ3) is 7.74. The number of likely N-dealkylation sites (N-methyl/N-ethyl adjacent to an activating group) is 1. The summed E-state index contributed by atoms with van der Waals surface area (Å²) in [6.07, 6.45) is 0. The van der Waals surface area contributed by atoms with Crippen LogP contribution in [0.3, 0.4) is 0 Å².